The van der Waals surface area contributed by atoms with Crippen molar-refractivity contribution in [2.24, 2.45) is 5.92 Å². The fourth-order valence-electron chi connectivity index (χ4n) is 4.84. The number of fused-ring (bicyclic) bond motifs is 1. The molecule has 7 nitrogen and oxygen atoms in total. The number of carbonyl (C=O) groups is 3. The first-order valence-corrected chi connectivity index (χ1v) is 12.6. The molecule has 0 N–H and O–H groups in total. The summed E-state index contributed by atoms with van der Waals surface area (Å²) in [7, 11) is 1.62. The van der Waals surface area contributed by atoms with Crippen LogP contribution in [0, 0.1) is 5.92 Å². The lowest BCUT2D eigenvalue weighted by Crippen LogP contribution is -2.39. The van der Waals surface area contributed by atoms with Crippen LogP contribution in [0.4, 0.5) is 0 Å². The van der Waals surface area contributed by atoms with Crippen LogP contribution in [0.2, 0.25) is 0 Å². The zero-order valence-corrected chi connectivity index (χ0v) is 20.6. The van der Waals surface area contributed by atoms with E-state index >= 15 is 0 Å². The van der Waals surface area contributed by atoms with E-state index in [-0.39, 0.29) is 31.4 Å². The molecule has 0 spiro atoms. The number of nitrogens with zero attached hydrogens (tertiary/aromatic N) is 2. The maximum Gasteiger partial charge on any atom is 0.325 e. The molecule has 0 radical (unpaired) electrons. The molecule has 1 aliphatic heterocycles. The first-order valence-electron chi connectivity index (χ1n) is 12.6. The quantitative estimate of drug-likeness (QED) is 0.455. The molecular weight excluding hydrogens is 432 g/mol. The van der Waals surface area contributed by atoms with Gasteiger partial charge in [0.2, 0.25) is 11.8 Å². The van der Waals surface area contributed by atoms with Crippen molar-refractivity contribution in [1.29, 1.82) is 0 Å². The smallest absolute Gasteiger partial charge is 0.325 e. The summed E-state index contributed by atoms with van der Waals surface area (Å²) in [6.45, 7) is 3.16. The van der Waals surface area contributed by atoms with Crippen molar-refractivity contribution in [2.45, 2.75) is 64.7 Å². The Labute approximate surface area is 203 Å². The molecule has 2 amide bonds. The minimum atomic E-state index is -0.412. The summed E-state index contributed by atoms with van der Waals surface area (Å²) >= 11 is 0. The third-order valence-corrected chi connectivity index (χ3v) is 6.66. The predicted octanol–water partition coefficient (Wildman–Crippen LogP) is 4.11. The molecule has 7 heteroatoms. The van der Waals surface area contributed by atoms with E-state index in [1.807, 2.05) is 29.2 Å². The number of rotatable bonds is 11. The van der Waals surface area contributed by atoms with Crippen molar-refractivity contribution in [3.8, 4) is 5.75 Å². The van der Waals surface area contributed by atoms with Crippen LogP contribution in [-0.4, -0.2) is 60.9 Å². The Hall–Kier alpha value is -2.83. The Morgan fingerprint density at radius 3 is 2.59 bits per heavy atom. The third kappa shape index (κ3) is 7.34. The fraction of sp³-hybridized carbons (Fsp3) is 0.593. The first kappa shape index (κ1) is 25.8. The summed E-state index contributed by atoms with van der Waals surface area (Å²) in [4.78, 5) is 41.4. The zero-order chi connectivity index (χ0) is 24.3. The molecule has 1 atom stereocenters. The Morgan fingerprint density at radius 2 is 1.85 bits per heavy atom. The summed E-state index contributed by atoms with van der Waals surface area (Å²) in [5.74, 6) is 0.872. The van der Waals surface area contributed by atoms with Crippen LogP contribution in [0.25, 0.3) is 0 Å². The molecular formula is C27H38N2O5. The standard InChI is InChI=1S/C27H38N2O5/c1-3-34-27(32)20-28(19-17-21-13-15-23(33-2)16-14-21)25(30)11-6-12-26(31)29-18-7-9-22-8-4-5-10-24(22)29/h10,13-16,22H,3-9,11-12,17-20H2,1-2H3. The Kier molecular flexibility index (Phi) is 9.98. The highest BCUT2D eigenvalue weighted by molar-refractivity contribution is 5.83. The molecule has 0 bridgehead atoms. The van der Waals surface area contributed by atoms with E-state index in [2.05, 4.69) is 6.08 Å². The van der Waals surface area contributed by atoms with Crippen LogP contribution in [-0.2, 0) is 25.5 Å². The highest BCUT2D eigenvalue weighted by atomic mass is 16.5. The maximum absolute atomic E-state index is 13.0. The average Bonchev–Trinajstić information content (AvgIpc) is 2.86. The number of allylic oxidation sites excluding steroid dienone is 2. The first-order chi connectivity index (χ1) is 16.5. The van der Waals surface area contributed by atoms with Crippen LogP contribution < -0.4 is 4.74 Å². The molecule has 1 saturated heterocycles. The van der Waals surface area contributed by atoms with Gasteiger partial charge < -0.3 is 19.3 Å². The second kappa shape index (κ2) is 13.2. The van der Waals surface area contributed by atoms with Gasteiger partial charge in [0.15, 0.2) is 0 Å². The summed E-state index contributed by atoms with van der Waals surface area (Å²) in [5.41, 5.74) is 2.26. The minimum absolute atomic E-state index is 0.0720. The van der Waals surface area contributed by atoms with Gasteiger partial charge in [-0.25, -0.2) is 0 Å². The van der Waals surface area contributed by atoms with Gasteiger partial charge in [-0.15, -0.1) is 0 Å². The van der Waals surface area contributed by atoms with E-state index in [1.165, 1.54) is 25.0 Å². The van der Waals surface area contributed by atoms with Crippen molar-refractivity contribution in [3.63, 3.8) is 0 Å². The average molecular weight is 471 g/mol. The predicted molar refractivity (Wildman–Crippen MR) is 130 cm³/mol. The fourth-order valence-corrected chi connectivity index (χ4v) is 4.84. The summed E-state index contributed by atoms with van der Waals surface area (Å²) in [6.07, 6.45) is 9.57. The second-order valence-corrected chi connectivity index (χ2v) is 9.02. The maximum atomic E-state index is 13.0. The third-order valence-electron chi connectivity index (χ3n) is 6.66. The number of hydrogen-bond donors (Lipinski definition) is 0. The monoisotopic (exact) mass is 470 g/mol. The number of likely N-dealkylation sites (tertiary alicyclic amines) is 1. The van der Waals surface area contributed by atoms with E-state index in [0.29, 0.717) is 31.7 Å². The van der Waals surface area contributed by atoms with Crippen LogP contribution in [0.5, 0.6) is 5.75 Å². The molecule has 1 fully saturated rings. The van der Waals surface area contributed by atoms with Crippen LogP contribution in [0.1, 0.15) is 63.9 Å². The van der Waals surface area contributed by atoms with Gasteiger partial charge >= 0.3 is 5.97 Å². The number of esters is 1. The van der Waals surface area contributed by atoms with Gasteiger partial charge in [-0.2, -0.15) is 0 Å². The normalized spacial score (nSPS) is 17.4. The molecule has 2 aliphatic rings. The van der Waals surface area contributed by atoms with Crippen molar-refractivity contribution >= 4 is 17.8 Å². The lowest BCUT2D eigenvalue weighted by atomic mass is 9.85. The van der Waals surface area contributed by atoms with Crippen molar-refractivity contribution < 1.29 is 23.9 Å². The number of amides is 2. The number of hydrogen-bond acceptors (Lipinski definition) is 5. The van der Waals surface area contributed by atoms with Gasteiger partial charge in [0.1, 0.15) is 12.3 Å². The van der Waals surface area contributed by atoms with E-state index in [1.54, 1.807) is 18.9 Å². The molecule has 34 heavy (non-hydrogen) atoms. The van der Waals surface area contributed by atoms with Crippen LogP contribution in [0.15, 0.2) is 36.0 Å². The van der Waals surface area contributed by atoms with Crippen LogP contribution in [0.3, 0.4) is 0 Å². The number of methoxy groups -OCH3 is 1. The molecule has 1 aliphatic carbocycles. The second-order valence-electron chi connectivity index (χ2n) is 9.02. The summed E-state index contributed by atoms with van der Waals surface area (Å²) in [5, 5.41) is 0. The van der Waals surface area contributed by atoms with E-state index < -0.39 is 5.97 Å². The van der Waals surface area contributed by atoms with E-state index in [9.17, 15) is 14.4 Å². The van der Waals surface area contributed by atoms with Gasteiger partial charge in [-0.1, -0.05) is 18.2 Å². The molecule has 1 heterocycles. The Morgan fingerprint density at radius 1 is 1.09 bits per heavy atom. The van der Waals surface area contributed by atoms with Gasteiger partial charge in [0, 0.05) is 31.6 Å². The minimum Gasteiger partial charge on any atom is -0.497 e. The topological polar surface area (TPSA) is 76.1 Å². The van der Waals surface area contributed by atoms with Gasteiger partial charge in [-0.3, -0.25) is 14.4 Å². The van der Waals surface area contributed by atoms with Crippen molar-refractivity contribution in [2.75, 3.05) is 33.4 Å². The van der Waals surface area contributed by atoms with Gasteiger partial charge in [0.25, 0.3) is 0 Å². The molecule has 1 aromatic carbocycles. The highest BCUT2D eigenvalue weighted by Gasteiger charge is 2.30. The highest BCUT2D eigenvalue weighted by Crippen LogP contribution is 2.35. The number of carbonyl (C=O) groups excluding carboxylic acids is 3. The van der Waals surface area contributed by atoms with Gasteiger partial charge in [0.05, 0.1) is 13.7 Å². The Balaban J connectivity index is 1.52. The van der Waals surface area contributed by atoms with Crippen molar-refractivity contribution in [1.82, 2.24) is 9.80 Å². The van der Waals surface area contributed by atoms with E-state index in [0.717, 1.165) is 30.7 Å². The van der Waals surface area contributed by atoms with Crippen molar-refractivity contribution in [3.05, 3.63) is 41.6 Å². The van der Waals surface area contributed by atoms with Gasteiger partial charge in [-0.05, 0) is 75.5 Å². The molecule has 3 rings (SSSR count). The summed E-state index contributed by atoms with van der Waals surface area (Å²) in [6, 6.07) is 7.67. The molecule has 0 saturated carbocycles. The summed E-state index contributed by atoms with van der Waals surface area (Å²) < 4.78 is 10.2. The number of ether oxygens (including phenoxy) is 2. The van der Waals surface area contributed by atoms with Crippen LogP contribution >= 0.6 is 0 Å². The lowest BCUT2D eigenvalue weighted by Gasteiger charge is -2.38. The molecule has 0 aromatic heterocycles. The SMILES string of the molecule is CCOC(=O)CN(CCc1ccc(OC)cc1)C(=O)CCCC(=O)N1CCCC2CCCC=C21. The largest absolute Gasteiger partial charge is 0.497 e. The number of benzene rings is 1. The zero-order valence-electron chi connectivity index (χ0n) is 20.6. The van der Waals surface area contributed by atoms with E-state index in [4.69, 9.17) is 9.47 Å². The molecule has 1 aromatic rings. The lowest BCUT2D eigenvalue weighted by molar-refractivity contribution is -0.149. The Bertz CT molecular complexity index is 864. The molecule has 1 unspecified atom stereocenters. The number of piperidine rings is 1. The molecule has 186 valence electrons.